The van der Waals surface area contributed by atoms with E-state index < -0.39 is 11.8 Å². The van der Waals surface area contributed by atoms with Crippen molar-refractivity contribution in [3.63, 3.8) is 0 Å². The maximum atomic E-state index is 11.9. The molecule has 0 aromatic heterocycles. The summed E-state index contributed by atoms with van der Waals surface area (Å²) in [4.78, 5) is 23.6. The van der Waals surface area contributed by atoms with E-state index in [1.165, 1.54) is 6.08 Å². The molecule has 0 unspecified atom stereocenters. The monoisotopic (exact) mass is 330 g/mol. The van der Waals surface area contributed by atoms with Crippen molar-refractivity contribution in [3.8, 4) is 5.75 Å². The molecule has 2 N–H and O–H groups in total. The van der Waals surface area contributed by atoms with Crippen LogP contribution in [0.1, 0.15) is 15.9 Å². The molecule has 2 aromatic rings. The highest BCUT2D eigenvalue weighted by Gasteiger charge is 2.09. The molecular weight excluding hydrogens is 316 g/mol. The molecule has 0 aliphatic rings. The summed E-state index contributed by atoms with van der Waals surface area (Å²) in [6.07, 6.45) is 2.89. The zero-order chi connectivity index (χ0) is 16.7. The number of halogens is 1. The molecule has 0 fully saturated rings. The first-order valence-electron chi connectivity index (χ1n) is 6.77. The topological polar surface area (TPSA) is 67.4 Å². The number of ether oxygens (including phenoxy) is 1. The first-order valence-corrected chi connectivity index (χ1v) is 7.15. The van der Waals surface area contributed by atoms with E-state index in [-0.39, 0.29) is 5.56 Å². The summed E-state index contributed by atoms with van der Waals surface area (Å²) in [5.41, 5.74) is 5.62. The minimum absolute atomic E-state index is 0.281. The highest BCUT2D eigenvalue weighted by Crippen LogP contribution is 2.18. The van der Waals surface area contributed by atoms with Gasteiger partial charge in [0.25, 0.3) is 11.8 Å². The molecule has 0 atom stereocenters. The number of benzene rings is 2. The summed E-state index contributed by atoms with van der Waals surface area (Å²) in [7, 11) is 1.55. The largest absolute Gasteiger partial charge is 0.496 e. The van der Waals surface area contributed by atoms with Crippen LogP contribution in [0.2, 0.25) is 5.02 Å². The predicted molar refractivity (Wildman–Crippen MR) is 89.1 cm³/mol. The van der Waals surface area contributed by atoms with Crippen LogP contribution in [0, 0.1) is 0 Å². The maximum absolute atomic E-state index is 11.9. The van der Waals surface area contributed by atoms with Gasteiger partial charge >= 0.3 is 0 Å². The summed E-state index contributed by atoms with van der Waals surface area (Å²) in [6.45, 7) is 0. The van der Waals surface area contributed by atoms with Crippen molar-refractivity contribution in [2.75, 3.05) is 7.11 Å². The number of carbonyl (C=O) groups is 2. The van der Waals surface area contributed by atoms with Crippen LogP contribution in [0.25, 0.3) is 6.08 Å². The summed E-state index contributed by atoms with van der Waals surface area (Å²) in [5, 5.41) is 0.309. The minimum Gasteiger partial charge on any atom is -0.496 e. The first-order chi connectivity index (χ1) is 11.1. The Kier molecular flexibility index (Phi) is 5.77. The van der Waals surface area contributed by atoms with Gasteiger partial charge in [0.15, 0.2) is 0 Å². The summed E-state index contributed by atoms with van der Waals surface area (Å²) in [6, 6.07) is 13.8. The van der Waals surface area contributed by atoms with Crippen LogP contribution in [0.3, 0.4) is 0 Å². The second-order valence-corrected chi connectivity index (χ2v) is 4.91. The quantitative estimate of drug-likeness (QED) is 0.669. The van der Waals surface area contributed by atoms with Crippen molar-refractivity contribution >= 4 is 29.5 Å². The van der Waals surface area contributed by atoms with Crippen LogP contribution in [-0.2, 0) is 4.79 Å². The highest BCUT2D eigenvalue weighted by atomic mass is 35.5. The van der Waals surface area contributed by atoms with Crippen LogP contribution >= 0.6 is 11.6 Å². The molecule has 2 amide bonds. The van der Waals surface area contributed by atoms with Crippen LogP contribution < -0.4 is 15.6 Å². The molecule has 0 spiro atoms. The summed E-state index contributed by atoms with van der Waals surface area (Å²) >= 11 is 5.91. The lowest BCUT2D eigenvalue weighted by Crippen LogP contribution is -2.40. The number of hydrazine groups is 1. The van der Waals surface area contributed by atoms with E-state index >= 15 is 0 Å². The lowest BCUT2D eigenvalue weighted by Gasteiger charge is -2.07. The lowest BCUT2D eigenvalue weighted by atomic mass is 10.2. The Morgan fingerprint density at radius 3 is 2.48 bits per heavy atom. The molecule has 118 valence electrons. The number of hydrogen-bond donors (Lipinski definition) is 2. The van der Waals surface area contributed by atoms with Gasteiger partial charge in [-0.1, -0.05) is 41.9 Å². The fraction of sp³-hybridized carbons (Fsp3) is 0.0588. The van der Waals surface area contributed by atoms with Crippen molar-refractivity contribution in [1.29, 1.82) is 0 Å². The number of carbonyl (C=O) groups excluding carboxylic acids is 2. The number of amides is 2. The minimum atomic E-state index is -0.491. The standard InChI is InChI=1S/C17H15ClN2O3/c1-23-15-9-5-2-6-12(15)10-11-16(21)19-20-17(22)13-7-3-4-8-14(13)18/h2-11H,1H3,(H,19,21)(H,20,22)/b11-10+. The second kappa shape index (κ2) is 8.00. The number of para-hydroxylation sites is 1. The Labute approximate surface area is 138 Å². The Morgan fingerprint density at radius 1 is 1.04 bits per heavy atom. The molecular formula is C17H15ClN2O3. The molecule has 2 rings (SSSR count). The fourth-order valence-electron chi connectivity index (χ4n) is 1.84. The van der Waals surface area contributed by atoms with Crippen LogP contribution in [0.5, 0.6) is 5.75 Å². The van der Waals surface area contributed by atoms with Gasteiger partial charge in [-0.15, -0.1) is 0 Å². The van der Waals surface area contributed by atoms with Crippen molar-refractivity contribution in [3.05, 3.63) is 70.8 Å². The third kappa shape index (κ3) is 4.59. The van der Waals surface area contributed by atoms with E-state index in [0.29, 0.717) is 10.8 Å². The van der Waals surface area contributed by atoms with Gasteiger partial charge in [0.05, 0.1) is 17.7 Å². The van der Waals surface area contributed by atoms with E-state index in [2.05, 4.69) is 10.9 Å². The molecule has 0 aliphatic carbocycles. The van der Waals surface area contributed by atoms with E-state index in [9.17, 15) is 9.59 Å². The van der Waals surface area contributed by atoms with Gasteiger partial charge in [-0.25, -0.2) is 0 Å². The molecule has 0 saturated heterocycles. The lowest BCUT2D eigenvalue weighted by molar-refractivity contribution is -0.117. The van der Waals surface area contributed by atoms with Gasteiger partial charge in [-0.2, -0.15) is 0 Å². The van der Waals surface area contributed by atoms with E-state index in [0.717, 1.165) is 5.56 Å². The number of methoxy groups -OCH3 is 1. The van der Waals surface area contributed by atoms with Crippen molar-refractivity contribution in [2.45, 2.75) is 0 Å². The molecule has 6 heteroatoms. The van der Waals surface area contributed by atoms with Crippen molar-refractivity contribution in [2.24, 2.45) is 0 Å². The summed E-state index contributed by atoms with van der Waals surface area (Å²) < 4.78 is 5.18. The smallest absolute Gasteiger partial charge is 0.271 e. The molecule has 2 aromatic carbocycles. The molecule has 0 bridgehead atoms. The molecule has 0 saturated carbocycles. The molecule has 0 heterocycles. The summed E-state index contributed by atoms with van der Waals surface area (Å²) in [5.74, 6) is -0.317. The van der Waals surface area contributed by atoms with Crippen molar-refractivity contribution in [1.82, 2.24) is 10.9 Å². The normalized spacial score (nSPS) is 10.3. The third-order valence-corrected chi connectivity index (χ3v) is 3.30. The van der Waals surface area contributed by atoms with E-state index in [1.54, 1.807) is 43.5 Å². The first kappa shape index (κ1) is 16.6. The average Bonchev–Trinajstić information content (AvgIpc) is 2.58. The van der Waals surface area contributed by atoms with Crippen molar-refractivity contribution < 1.29 is 14.3 Å². The molecule has 23 heavy (non-hydrogen) atoms. The molecule has 0 aliphatic heterocycles. The Hall–Kier alpha value is -2.79. The van der Waals surface area contributed by atoms with Gasteiger partial charge in [-0.05, 0) is 24.3 Å². The van der Waals surface area contributed by atoms with Gasteiger partial charge in [0.1, 0.15) is 5.75 Å². The number of nitrogens with one attached hydrogen (secondary N) is 2. The average molecular weight is 331 g/mol. The zero-order valence-electron chi connectivity index (χ0n) is 12.4. The second-order valence-electron chi connectivity index (χ2n) is 4.50. The van der Waals surface area contributed by atoms with E-state index in [4.69, 9.17) is 16.3 Å². The Morgan fingerprint density at radius 2 is 1.74 bits per heavy atom. The molecule has 5 nitrogen and oxygen atoms in total. The zero-order valence-corrected chi connectivity index (χ0v) is 13.1. The Bertz CT molecular complexity index is 744. The maximum Gasteiger partial charge on any atom is 0.271 e. The molecule has 0 radical (unpaired) electrons. The van der Waals surface area contributed by atoms with Crippen LogP contribution in [0.4, 0.5) is 0 Å². The number of rotatable bonds is 4. The third-order valence-electron chi connectivity index (χ3n) is 2.97. The van der Waals surface area contributed by atoms with Gasteiger partial charge in [0, 0.05) is 11.6 Å². The Balaban J connectivity index is 1.94. The predicted octanol–water partition coefficient (Wildman–Crippen LogP) is 2.82. The number of hydrogen-bond acceptors (Lipinski definition) is 3. The SMILES string of the molecule is COc1ccccc1/C=C/C(=O)NNC(=O)c1ccccc1Cl. The van der Waals surface area contributed by atoms with Gasteiger partial charge < -0.3 is 4.74 Å². The van der Waals surface area contributed by atoms with Gasteiger partial charge in [-0.3, -0.25) is 20.4 Å². The van der Waals surface area contributed by atoms with Gasteiger partial charge in [0.2, 0.25) is 0 Å². The van der Waals surface area contributed by atoms with Crippen LogP contribution in [-0.4, -0.2) is 18.9 Å². The highest BCUT2D eigenvalue weighted by molar-refractivity contribution is 6.33. The fourth-order valence-corrected chi connectivity index (χ4v) is 2.06. The van der Waals surface area contributed by atoms with Crippen LogP contribution in [0.15, 0.2) is 54.6 Å². The van der Waals surface area contributed by atoms with E-state index in [1.807, 2.05) is 18.2 Å².